The SMILES string of the molecule is CN(CC(N)=O)C(=O)N1CCCC(C)(C(=O)O)C1. The van der Waals surface area contributed by atoms with Crippen LogP contribution in [-0.4, -0.2) is 59.5 Å². The van der Waals surface area contributed by atoms with Gasteiger partial charge in [-0.15, -0.1) is 0 Å². The number of urea groups is 1. The van der Waals surface area contributed by atoms with Gasteiger partial charge in [0.25, 0.3) is 0 Å². The fraction of sp³-hybridized carbons (Fsp3) is 0.727. The summed E-state index contributed by atoms with van der Waals surface area (Å²) in [5, 5.41) is 9.16. The van der Waals surface area contributed by atoms with E-state index in [0.29, 0.717) is 19.4 Å². The minimum absolute atomic E-state index is 0.157. The minimum atomic E-state index is -0.915. The summed E-state index contributed by atoms with van der Waals surface area (Å²) in [5.41, 5.74) is 4.10. The zero-order valence-corrected chi connectivity index (χ0v) is 10.7. The maximum absolute atomic E-state index is 12.0. The van der Waals surface area contributed by atoms with Gasteiger partial charge in [-0.3, -0.25) is 9.59 Å². The lowest BCUT2D eigenvalue weighted by Gasteiger charge is -2.38. The summed E-state index contributed by atoms with van der Waals surface area (Å²) in [7, 11) is 1.47. The molecule has 1 aliphatic heterocycles. The molecule has 1 unspecified atom stereocenters. The number of carboxylic acids is 1. The van der Waals surface area contributed by atoms with Crippen LogP contribution in [0, 0.1) is 5.41 Å². The van der Waals surface area contributed by atoms with Crippen LogP contribution in [-0.2, 0) is 9.59 Å². The van der Waals surface area contributed by atoms with Gasteiger partial charge in [-0.1, -0.05) is 0 Å². The highest BCUT2D eigenvalue weighted by Crippen LogP contribution is 2.30. The predicted molar refractivity (Wildman–Crippen MR) is 63.8 cm³/mol. The molecule has 1 atom stereocenters. The molecule has 0 bridgehead atoms. The lowest BCUT2D eigenvalue weighted by atomic mass is 9.82. The van der Waals surface area contributed by atoms with E-state index in [-0.39, 0.29) is 19.1 Å². The van der Waals surface area contributed by atoms with Crippen LogP contribution in [0.1, 0.15) is 19.8 Å². The number of primary amides is 1. The van der Waals surface area contributed by atoms with Gasteiger partial charge in [0.15, 0.2) is 0 Å². The number of hydrogen-bond donors (Lipinski definition) is 2. The van der Waals surface area contributed by atoms with Crippen LogP contribution in [0.25, 0.3) is 0 Å². The number of carbonyl (C=O) groups is 3. The summed E-state index contributed by atoms with van der Waals surface area (Å²) in [6, 6.07) is -0.360. The Kier molecular flexibility index (Phi) is 4.15. The van der Waals surface area contributed by atoms with Crippen molar-refractivity contribution in [1.29, 1.82) is 0 Å². The second-order valence-corrected chi connectivity index (χ2v) is 5.00. The van der Waals surface area contributed by atoms with E-state index in [4.69, 9.17) is 10.8 Å². The van der Waals surface area contributed by atoms with E-state index in [9.17, 15) is 14.4 Å². The van der Waals surface area contributed by atoms with E-state index >= 15 is 0 Å². The van der Waals surface area contributed by atoms with Crippen LogP contribution in [0.15, 0.2) is 0 Å². The first-order valence-corrected chi connectivity index (χ1v) is 5.78. The minimum Gasteiger partial charge on any atom is -0.481 e. The lowest BCUT2D eigenvalue weighted by Crippen LogP contribution is -2.52. The molecule has 1 rings (SSSR count). The third kappa shape index (κ3) is 3.12. The zero-order chi connectivity index (χ0) is 13.9. The number of likely N-dealkylation sites (N-methyl/N-ethyl adjacent to an activating group) is 1. The monoisotopic (exact) mass is 257 g/mol. The number of nitrogens with zero attached hydrogens (tertiary/aromatic N) is 2. The third-order valence-electron chi connectivity index (χ3n) is 3.20. The van der Waals surface area contributed by atoms with Gasteiger partial charge < -0.3 is 20.6 Å². The molecule has 0 aromatic carbocycles. The number of likely N-dealkylation sites (tertiary alicyclic amines) is 1. The van der Waals surface area contributed by atoms with Crippen LogP contribution < -0.4 is 5.73 Å². The Morgan fingerprint density at radius 3 is 2.56 bits per heavy atom. The average Bonchev–Trinajstić information content (AvgIpc) is 2.27. The lowest BCUT2D eigenvalue weighted by molar-refractivity contribution is -0.150. The molecule has 1 saturated heterocycles. The second kappa shape index (κ2) is 5.24. The maximum Gasteiger partial charge on any atom is 0.320 e. The number of piperidine rings is 1. The van der Waals surface area contributed by atoms with E-state index in [1.54, 1.807) is 6.92 Å². The fourth-order valence-electron chi connectivity index (χ4n) is 2.12. The first kappa shape index (κ1) is 14.3. The van der Waals surface area contributed by atoms with Crippen molar-refractivity contribution < 1.29 is 19.5 Å². The van der Waals surface area contributed by atoms with Gasteiger partial charge in [0.1, 0.15) is 6.54 Å². The highest BCUT2D eigenvalue weighted by atomic mass is 16.4. The molecule has 3 amide bonds. The van der Waals surface area contributed by atoms with Crippen LogP contribution >= 0.6 is 0 Å². The molecule has 1 aliphatic rings. The Morgan fingerprint density at radius 2 is 2.06 bits per heavy atom. The molecule has 0 aromatic heterocycles. The summed E-state index contributed by atoms with van der Waals surface area (Å²) in [6.45, 7) is 2.12. The molecule has 0 aliphatic carbocycles. The van der Waals surface area contributed by atoms with Gasteiger partial charge in [0.05, 0.1) is 5.41 Å². The van der Waals surface area contributed by atoms with Crippen LogP contribution in [0.5, 0.6) is 0 Å². The molecule has 7 heteroatoms. The van der Waals surface area contributed by atoms with Crippen molar-refractivity contribution in [1.82, 2.24) is 9.80 Å². The van der Waals surface area contributed by atoms with Gasteiger partial charge in [0, 0.05) is 20.1 Å². The van der Waals surface area contributed by atoms with Gasteiger partial charge in [-0.2, -0.15) is 0 Å². The van der Waals surface area contributed by atoms with Crippen LogP contribution in [0.4, 0.5) is 4.79 Å². The van der Waals surface area contributed by atoms with E-state index in [0.717, 1.165) is 0 Å². The van der Waals surface area contributed by atoms with Crippen LogP contribution in [0.3, 0.4) is 0 Å². The van der Waals surface area contributed by atoms with Crippen molar-refractivity contribution in [2.75, 3.05) is 26.7 Å². The predicted octanol–water partition coefficient (Wildman–Crippen LogP) is -0.290. The molecule has 1 fully saturated rings. The van der Waals surface area contributed by atoms with Crippen molar-refractivity contribution in [3.05, 3.63) is 0 Å². The molecular formula is C11H19N3O4. The smallest absolute Gasteiger partial charge is 0.320 e. The Bertz CT molecular complexity index is 371. The quantitative estimate of drug-likeness (QED) is 0.725. The molecule has 3 N–H and O–H groups in total. The van der Waals surface area contributed by atoms with Gasteiger partial charge >= 0.3 is 12.0 Å². The van der Waals surface area contributed by atoms with E-state index in [2.05, 4.69) is 0 Å². The topological polar surface area (TPSA) is 104 Å². The van der Waals surface area contributed by atoms with E-state index in [1.165, 1.54) is 16.8 Å². The molecule has 0 aromatic rings. The molecular weight excluding hydrogens is 238 g/mol. The number of hydrogen-bond acceptors (Lipinski definition) is 3. The van der Waals surface area contributed by atoms with Gasteiger partial charge in [0.2, 0.25) is 5.91 Å². The summed E-state index contributed by atoms with van der Waals surface area (Å²) in [5.74, 6) is -1.50. The van der Waals surface area contributed by atoms with E-state index < -0.39 is 17.3 Å². The van der Waals surface area contributed by atoms with Crippen molar-refractivity contribution in [3.63, 3.8) is 0 Å². The number of rotatable bonds is 3. The number of nitrogens with two attached hydrogens (primary N) is 1. The number of carbonyl (C=O) groups excluding carboxylic acids is 2. The number of carboxylic acid groups (broad SMARTS) is 1. The summed E-state index contributed by atoms with van der Waals surface area (Å²) in [6.07, 6.45) is 1.19. The van der Waals surface area contributed by atoms with Gasteiger partial charge in [-0.05, 0) is 19.8 Å². The van der Waals surface area contributed by atoms with Crippen molar-refractivity contribution in [2.45, 2.75) is 19.8 Å². The maximum atomic E-state index is 12.0. The normalized spacial score (nSPS) is 23.6. The molecule has 7 nitrogen and oxygen atoms in total. The van der Waals surface area contributed by atoms with E-state index in [1.807, 2.05) is 0 Å². The third-order valence-corrected chi connectivity index (χ3v) is 3.20. The Balaban J connectivity index is 2.69. The summed E-state index contributed by atoms with van der Waals surface area (Å²) in [4.78, 5) is 36.6. The highest BCUT2D eigenvalue weighted by molar-refractivity contribution is 5.83. The Labute approximate surface area is 106 Å². The molecule has 1 heterocycles. The molecule has 102 valence electrons. The first-order valence-electron chi connectivity index (χ1n) is 5.78. The molecule has 0 radical (unpaired) electrons. The molecule has 0 saturated carbocycles. The fourth-order valence-corrected chi connectivity index (χ4v) is 2.12. The zero-order valence-electron chi connectivity index (χ0n) is 10.7. The molecule has 18 heavy (non-hydrogen) atoms. The molecule has 0 spiro atoms. The Hall–Kier alpha value is -1.79. The summed E-state index contributed by atoms with van der Waals surface area (Å²) >= 11 is 0. The van der Waals surface area contributed by atoms with Crippen molar-refractivity contribution in [2.24, 2.45) is 11.1 Å². The van der Waals surface area contributed by atoms with Gasteiger partial charge in [-0.25, -0.2) is 4.79 Å². The number of aliphatic carboxylic acids is 1. The van der Waals surface area contributed by atoms with Crippen molar-refractivity contribution in [3.8, 4) is 0 Å². The largest absolute Gasteiger partial charge is 0.481 e. The average molecular weight is 257 g/mol. The standard InChI is InChI=1S/C11H19N3O4/c1-11(9(16)17)4-3-5-14(7-11)10(18)13(2)6-8(12)15/h3-7H2,1-2H3,(H2,12,15)(H,16,17). The first-order chi connectivity index (χ1) is 8.26. The summed E-state index contributed by atoms with van der Waals surface area (Å²) < 4.78 is 0. The van der Waals surface area contributed by atoms with Crippen molar-refractivity contribution >= 4 is 17.9 Å². The second-order valence-electron chi connectivity index (χ2n) is 5.00. The highest BCUT2D eigenvalue weighted by Gasteiger charge is 2.40. The van der Waals surface area contributed by atoms with Crippen LogP contribution in [0.2, 0.25) is 0 Å². The Morgan fingerprint density at radius 1 is 1.44 bits per heavy atom. The number of amides is 3.